The lowest BCUT2D eigenvalue weighted by Gasteiger charge is -1.97. The molecule has 2 aromatic carbocycles. The number of hydrogen-bond donors (Lipinski definition) is 0. The number of halogens is 4. The van der Waals surface area contributed by atoms with Crippen molar-refractivity contribution in [3.8, 4) is 0 Å². The van der Waals surface area contributed by atoms with E-state index in [1.165, 1.54) is 12.1 Å². The summed E-state index contributed by atoms with van der Waals surface area (Å²) in [4.78, 5) is 21.5. The first-order chi connectivity index (χ1) is 10.2. The molecule has 0 N–H and O–H groups in total. The van der Waals surface area contributed by atoms with Crippen LogP contribution in [0.5, 0.6) is 0 Å². The topological polar surface area (TPSA) is 34.1 Å². The minimum Gasteiger partial charge on any atom is -0.291 e. The SMILES string of the molecule is CC(=O)C(=O)c1cc(F)cc(F)c1.Cc1cc(F)cc(F)c1. The first-order valence-electron chi connectivity index (χ1n) is 6.13. The zero-order valence-electron chi connectivity index (χ0n) is 11.8. The van der Waals surface area contributed by atoms with Gasteiger partial charge >= 0.3 is 0 Å². The van der Waals surface area contributed by atoms with Gasteiger partial charge in [0.25, 0.3) is 0 Å². The predicted molar refractivity (Wildman–Crippen MR) is 72.5 cm³/mol. The average molecular weight is 312 g/mol. The van der Waals surface area contributed by atoms with E-state index in [2.05, 4.69) is 0 Å². The molecule has 0 atom stereocenters. The van der Waals surface area contributed by atoms with E-state index in [1.54, 1.807) is 6.92 Å². The molecule has 116 valence electrons. The van der Waals surface area contributed by atoms with Crippen molar-refractivity contribution in [3.63, 3.8) is 0 Å². The van der Waals surface area contributed by atoms with Crippen molar-refractivity contribution in [1.82, 2.24) is 0 Å². The number of hydrogen-bond acceptors (Lipinski definition) is 2. The van der Waals surface area contributed by atoms with E-state index < -0.39 is 34.8 Å². The molecule has 0 saturated heterocycles. The van der Waals surface area contributed by atoms with Crippen LogP contribution in [0.1, 0.15) is 22.8 Å². The summed E-state index contributed by atoms with van der Waals surface area (Å²) in [6.07, 6.45) is 0. The van der Waals surface area contributed by atoms with Crippen LogP contribution in [-0.2, 0) is 4.79 Å². The highest BCUT2D eigenvalue weighted by Crippen LogP contribution is 2.08. The molecule has 0 heterocycles. The van der Waals surface area contributed by atoms with E-state index in [0.29, 0.717) is 11.6 Å². The molecule has 0 aliphatic carbocycles. The Hall–Kier alpha value is -2.50. The minimum atomic E-state index is -0.890. The van der Waals surface area contributed by atoms with Crippen LogP contribution < -0.4 is 0 Å². The summed E-state index contributed by atoms with van der Waals surface area (Å²) in [5.41, 5.74) is 0.345. The zero-order valence-corrected chi connectivity index (χ0v) is 11.8. The molecule has 0 bridgehead atoms. The zero-order chi connectivity index (χ0) is 16.9. The lowest BCUT2D eigenvalue weighted by Crippen LogP contribution is -2.10. The van der Waals surface area contributed by atoms with Crippen LogP contribution in [0.25, 0.3) is 0 Å². The quantitative estimate of drug-likeness (QED) is 0.477. The van der Waals surface area contributed by atoms with Crippen molar-refractivity contribution in [1.29, 1.82) is 0 Å². The molecule has 6 heteroatoms. The fourth-order valence-electron chi connectivity index (χ4n) is 1.58. The molecule has 0 aliphatic rings. The molecule has 0 aliphatic heterocycles. The van der Waals surface area contributed by atoms with E-state index in [-0.39, 0.29) is 5.56 Å². The van der Waals surface area contributed by atoms with Crippen molar-refractivity contribution >= 4 is 11.6 Å². The number of carbonyl (C=O) groups is 2. The van der Waals surface area contributed by atoms with Crippen molar-refractivity contribution in [2.75, 3.05) is 0 Å². The van der Waals surface area contributed by atoms with Crippen LogP contribution in [0.2, 0.25) is 0 Å². The molecule has 2 nitrogen and oxygen atoms in total. The highest BCUT2D eigenvalue weighted by atomic mass is 19.1. The van der Waals surface area contributed by atoms with Gasteiger partial charge in [-0.1, -0.05) is 0 Å². The largest absolute Gasteiger partial charge is 0.291 e. The first-order valence-corrected chi connectivity index (χ1v) is 6.13. The van der Waals surface area contributed by atoms with Gasteiger partial charge in [0.15, 0.2) is 5.78 Å². The monoisotopic (exact) mass is 312 g/mol. The third-order valence-corrected chi connectivity index (χ3v) is 2.45. The van der Waals surface area contributed by atoms with Gasteiger partial charge < -0.3 is 0 Å². The lowest BCUT2D eigenvalue weighted by molar-refractivity contribution is -0.113. The summed E-state index contributed by atoms with van der Waals surface area (Å²) in [5, 5.41) is 0. The maximum atomic E-state index is 12.5. The fourth-order valence-corrected chi connectivity index (χ4v) is 1.58. The molecule has 0 spiro atoms. The highest BCUT2D eigenvalue weighted by molar-refractivity contribution is 6.42. The second-order valence-electron chi connectivity index (χ2n) is 4.49. The summed E-state index contributed by atoms with van der Waals surface area (Å²) >= 11 is 0. The molecule has 0 fully saturated rings. The third-order valence-electron chi connectivity index (χ3n) is 2.45. The van der Waals surface area contributed by atoms with Crippen molar-refractivity contribution in [3.05, 3.63) is 70.8 Å². The van der Waals surface area contributed by atoms with E-state index >= 15 is 0 Å². The second-order valence-corrected chi connectivity index (χ2v) is 4.49. The molecule has 2 aromatic rings. The molecule has 0 saturated carbocycles. The van der Waals surface area contributed by atoms with E-state index in [4.69, 9.17) is 0 Å². The van der Waals surface area contributed by atoms with Crippen LogP contribution in [-0.4, -0.2) is 11.6 Å². The number of aryl methyl sites for hydroxylation is 1. The molecule has 0 amide bonds. The second kappa shape index (κ2) is 7.49. The summed E-state index contributed by atoms with van der Waals surface area (Å²) in [7, 11) is 0. The minimum absolute atomic E-state index is 0.259. The Labute approximate surface area is 124 Å². The predicted octanol–water partition coefficient (Wildman–Crippen LogP) is 4.01. The number of rotatable bonds is 2. The Kier molecular flexibility index (Phi) is 5.98. The van der Waals surface area contributed by atoms with Crippen molar-refractivity contribution in [2.24, 2.45) is 0 Å². The maximum Gasteiger partial charge on any atom is 0.228 e. The summed E-state index contributed by atoms with van der Waals surface area (Å²) in [5.74, 6) is -4.42. The first kappa shape index (κ1) is 17.6. The standard InChI is InChI=1S/C9H6F2O2.C7H6F2/c1-5(12)9(13)6-2-7(10)4-8(11)3-6;1-5-2-6(8)4-7(9)3-5/h2-4H,1H3;2-4H,1H3. The number of ketones is 2. The number of Topliss-reactive ketones (excluding diaryl/α,β-unsaturated/α-hetero) is 2. The van der Waals surface area contributed by atoms with Gasteiger partial charge in [0.05, 0.1) is 0 Å². The van der Waals surface area contributed by atoms with Gasteiger partial charge in [-0.05, 0) is 36.8 Å². The lowest BCUT2D eigenvalue weighted by atomic mass is 10.1. The molecule has 0 radical (unpaired) electrons. The smallest absolute Gasteiger partial charge is 0.228 e. The van der Waals surface area contributed by atoms with E-state index in [9.17, 15) is 27.2 Å². The van der Waals surface area contributed by atoms with Crippen molar-refractivity contribution < 1.29 is 27.2 Å². The van der Waals surface area contributed by atoms with Gasteiger partial charge in [-0.15, -0.1) is 0 Å². The van der Waals surface area contributed by atoms with Gasteiger partial charge in [0, 0.05) is 24.6 Å². The van der Waals surface area contributed by atoms with Crippen LogP contribution in [0.4, 0.5) is 17.6 Å². The van der Waals surface area contributed by atoms with Crippen LogP contribution in [0.3, 0.4) is 0 Å². The summed E-state index contributed by atoms with van der Waals surface area (Å²) < 4.78 is 49.5. The van der Waals surface area contributed by atoms with Crippen molar-refractivity contribution in [2.45, 2.75) is 13.8 Å². The van der Waals surface area contributed by atoms with Gasteiger partial charge in [-0.2, -0.15) is 0 Å². The number of benzene rings is 2. The van der Waals surface area contributed by atoms with Gasteiger partial charge in [0.1, 0.15) is 23.3 Å². The molecular weight excluding hydrogens is 300 g/mol. The average Bonchev–Trinajstić information content (AvgIpc) is 2.35. The highest BCUT2D eigenvalue weighted by Gasteiger charge is 2.13. The fraction of sp³-hybridized carbons (Fsp3) is 0.125. The number of carbonyl (C=O) groups excluding carboxylic acids is 2. The van der Waals surface area contributed by atoms with Gasteiger partial charge in [-0.3, -0.25) is 9.59 Å². The Bertz CT molecular complexity index is 641. The van der Waals surface area contributed by atoms with Crippen LogP contribution in [0, 0.1) is 30.2 Å². The van der Waals surface area contributed by atoms with E-state index in [1.807, 2.05) is 0 Å². The molecular formula is C16H12F4O2. The van der Waals surface area contributed by atoms with E-state index in [0.717, 1.165) is 25.1 Å². The summed E-state index contributed by atoms with van der Waals surface area (Å²) in [6, 6.07) is 5.70. The van der Waals surface area contributed by atoms with Gasteiger partial charge in [0.2, 0.25) is 5.78 Å². The molecule has 0 aromatic heterocycles. The Morgan fingerprint density at radius 2 is 1.09 bits per heavy atom. The van der Waals surface area contributed by atoms with Crippen LogP contribution in [0.15, 0.2) is 36.4 Å². The molecule has 0 unspecified atom stereocenters. The Balaban J connectivity index is 0.000000235. The third kappa shape index (κ3) is 5.47. The maximum absolute atomic E-state index is 12.5. The summed E-state index contributed by atoms with van der Waals surface area (Å²) in [6.45, 7) is 2.69. The van der Waals surface area contributed by atoms with Crippen LogP contribution >= 0.6 is 0 Å². The molecule has 22 heavy (non-hydrogen) atoms. The van der Waals surface area contributed by atoms with Gasteiger partial charge in [-0.25, -0.2) is 17.6 Å². The molecule has 2 rings (SSSR count). The normalized spacial score (nSPS) is 9.73. The Morgan fingerprint density at radius 3 is 1.41 bits per heavy atom. The Morgan fingerprint density at radius 1 is 0.727 bits per heavy atom.